The zero-order chi connectivity index (χ0) is 19.4. The topological polar surface area (TPSA) is 57.2 Å². The molecule has 6 heteroatoms. The Kier molecular flexibility index (Phi) is 5.54. The van der Waals surface area contributed by atoms with Crippen LogP contribution in [0.25, 0.3) is 6.08 Å². The molecule has 0 N–H and O–H groups in total. The van der Waals surface area contributed by atoms with Crippen molar-refractivity contribution in [2.24, 2.45) is 0 Å². The number of benzene rings is 2. The molecule has 0 bridgehead atoms. The maximum absolute atomic E-state index is 11.7. The van der Waals surface area contributed by atoms with Crippen LogP contribution in [0.15, 0.2) is 36.5 Å². The van der Waals surface area contributed by atoms with Crippen LogP contribution < -0.4 is 18.9 Å². The molecule has 3 rings (SSSR count). The highest BCUT2D eigenvalue weighted by molar-refractivity contribution is 5.65. The van der Waals surface area contributed by atoms with Crippen LogP contribution >= 0.6 is 0 Å². The van der Waals surface area contributed by atoms with E-state index in [-0.39, 0.29) is 6.04 Å². The molecule has 2 aromatic carbocycles. The summed E-state index contributed by atoms with van der Waals surface area (Å²) in [7, 11) is 6.41. The van der Waals surface area contributed by atoms with Gasteiger partial charge in [0.2, 0.25) is 6.41 Å². The lowest BCUT2D eigenvalue weighted by atomic mass is 9.95. The number of hydrogen-bond acceptors (Lipinski definition) is 5. The molecule has 0 saturated heterocycles. The molecular weight excluding hydrogens is 346 g/mol. The normalized spacial score (nSPS) is 15.6. The molecule has 0 aromatic heterocycles. The summed E-state index contributed by atoms with van der Waals surface area (Å²) >= 11 is 0. The minimum atomic E-state index is -0.182. The third kappa shape index (κ3) is 3.56. The highest BCUT2D eigenvalue weighted by Crippen LogP contribution is 2.38. The summed E-state index contributed by atoms with van der Waals surface area (Å²) in [5.41, 5.74) is 3.00. The van der Waals surface area contributed by atoms with Gasteiger partial charge in [-0.15, -0.1) is 0 Å². The Morgan fingerprint density at radius 3 is 2.15 bits per heavy atom. The van der Waals surface area contributed by atoms with Crippen molar-refractivity contribution in [3.05, 3.63) is 53.2 Å². The second kappa shape index (κ2) is 8.03. The van der Waals surface area contributed by atoms with Crippen LogP contribution in [0.5, 0.6) is 23.0 Å². The smallest absolute Gasteiger partial charge is 0.214 e. The molecule has 1 heterocycles. The first-order valence-corrected chi connectivity index (χ1v) is 8.53. The highest BCUT2D eigenvalue weighted by Gasteiger charge is 2.24. The molecular formula is C21H23NO5. The fraction of sp³-hybridized carbons (Fsp3) is 0.286. The summed E-state index contributed by atoms with van der Waals surface area (Å²) in [6.07, 6.45) is 5.15. The predicted molar refractivity (Wildman–Crippen MR) is 102 cm³/mol. The van der Waals surface area contributed by atoms with Gasteiger partial charge in [-0.3, -0.25) is 4.79 Å². The summed E-state index contributed by atoms with van der Waals surface area (Å²) in [5, 5.41) is 0. The zero-order valence-corrected chi connectivity index (χ0v) is 15.9. The van der Waals surface area contributed by atoms with Gasteiger partial charge in [0, 0.05) is 6.20 Å². The van der Waals surface area contributed by atoms with E-state index in [4.69, 9.17) is 18.9 Å². The van der Waals surface area contributed by atoms with Crippen molar-refractivity contribution in [3.8, 4) is 23.0 Å². The van der Waals surface area contributed by atoms with Gasteiger partial charge in [0.1, 0.15) is 0 Å². The monoisotopic (exact) mass is 369 g/mol. The van der Waals surface area contributed by atoms with E-state index in [0.29, 0.717) is 29.4 Å². The fourth-order valence-electron chi connectivity index (χ4n) is 3.31. The molecule has 1 unspecified atom stereocenters. The molecule has 6 nitrogen and oxygen atoms in total. The number of fused-ring (bicyclic) bond motifs is 1. The lowest BCUT2D eigenvalue weighted by Gasteiger charge is -2.25. The Bertz CT molecular complexity index is 862. The van der Waals surface area contributed by atoms with Crippen LogP contribution in [-0.4, -0.2) is 39.7 Å². The number of nitrogens with zero attached hydrogens (tertiary/aromatic N) is 1. The third-order valence-corrected chi connectivity index (χ3v) is 4.76. The average molecular weight is 369 g/mol. The maximum atomic E-state index is 11.7. The molecule has 1 aliphatic rings. The van der Waals surface area contributed by atoms with Crippen LogP contribution in [0, 0.1) is 0 Å². The average Bonchev–Trinajstić information content (AvgIpc) is 2.90. The SMILES string of the molecule is COc1ccc(C2Cc3cc(OC)c(OC)cc3C=CN2C=O)cc1OC. The first-order valence-electron chi connectivity index (χ1n) is 8.53. The van der Waals surface area contributed by atoms with E-state index in [1.165, 1.54) is 0 Å². The predicted octanol–water partition coefficient (Wildman–Crippen LogP) is 3.45. The largest absolute Gasteiger partial charge is 0.493 e. The number of methoxy groups -OCH3 is 4. The molecule has 142 valence electrons. The van der Waals surface area contributed by atoms with E-state index in [1.54, 1.807) is 39.5 Å². The molecule has 0 radical (unpaired) electrons. The maximum Gasteiger partial charge on any atom is 0.214 e. The second-order valence-electron chi connectivity index (χ2n) is 6.11. The number of amides is 1. The van der Waals surface area contributed by atoms with Gasteiger partial charge in [-0.2, -0.15) is 0 Å². The van der Waals surface area contributed by atoms with E-state index in [9.17, 15) is 4.79 Å². The summed E-state index contributed by atoms with van der Waals surface area (Å²) in [6, 6.07) is 9.40. The van der Waals surface area contributed by atoms with E-state index in [2.05, 4.69) is 0 Å². The van der Waals surface area contributed by atoms with Crippen LogP contribution in [0.1, 0.15) is 22.7 Å². The number of carbonyl (C=O) groups excluding carboxylic acids is 1. The second-order valence-corrected chi connectivity index (χ2v) is 6.11. The Labute approximate surface area is 158 Å². The quantitative estimate of drug-likeness (QED) is 0.730. The number of carbonyl (C=O) groups is 1. The van der Waals surface area contributed by atoms with E-state index in [1.807, 2.05) is 36.4 Å². The number of hydrogen-bond donors (Lipinski definition) is 0. The van der Waals surface area contributed by atoms with Crippen molar-refractivity contribution in [2.75, 3.05) is 28.4 Å². The Hall–Kier alpha value is -3.15. The minimum absolute atomic E-state index is 0.182. The molecule has 1 atom stereocenters. The van der Waals surface area contributed by atoms with Gasteiger partial charge in [-0.05, 0) is 53.5 Å². The third-order valence-electron chi connectivity index (χ3n) is 4.76. The Morgan fingerprint density at radius 2 is 1.52 bits per heavy atom. The fourth-order valence-corrected chi connectivity index (χ4v) is 3.31. The number of ether oxygens (including phenoxy) is 4. The minimum Gasteiger partial charge on any atom is -0.493 e. The van der Waals surface area contributed by atoms with E-state index >= 15 is 0 Å². The van der Waals surface area contributed by atoms with Crippen molar-refractivity contribution >= 4 is 12.5 Å². The molecule has 1 amide bonds. The lowest BCUT2D eigenvalue weighted by molar-refractivity contribution is -0.117. The molecule has 0 aliphatic carbocycles. The van der Waals surface area contributed by atoms with Crippen molar-refractivity contribution < 1.29 is 23.7 Å². The van der Waals surface area contributed by atoms with E-state index in [0.717, 1.165) is 23.1 Å². The molecule has 1 aliphatic heterocycles. The van der Waals surface area contributed by atoms with Crippen molar-refractivity contribution in [1.82, 2.24) is 4.90 Å². The van der Waals surface area contributed by atoms with Gasteiger partial charge in [0.25, 0.3) is 0 Å². The van der Waals surface area contributed by atoms with Crippen LogP contribution in [0.4, 0.5) is 0 Å². The van der Waals surface area contributed by atoms with E-state index < -0.39 is 0 Å². The molecule has 0 fully saturated rings. The van der Waals surface area contributed by atoms with Crippen LogP contribution in [0.3, 0.4) is 0 Å². The van der Waals surface area contributed by atoms with Gasteiger partial charge in [-0.1, -0.05) is 6.07 Å². The molecule has 0 saturated carbocycles. The summed E-state index contributed by atoms with van der Waals surface area (Å²) in [4.78, 5) is 13.4. The summed E-state index contributed by atoms with van der Waals surface area (Å²) in [5.74, 6) is 2.59. The van der Waals surface area contributed by atoms with Gasteiger partial charge in [0.15, 0.2) is 23.0 Å². The van der Waals surface area contributed by atoms with Crippen molar-refractivity contribution in [1.29, 1.82) is 0 Å². The first-order chi connectivity index (χ1) is 13.1. The van der Waals surface area contributed by atoms with Gasteiger partial charge >= 0.3 is 0 Å². The lowest BCUT2D eigenvalue weighted by Crippen LogP contribution is -2.23. The van der Waals surface area contributed by atoms with Crippen LogP contribution in [-0.2, 0) is 11.2 Å². The van der Waals surface area contributed by atoms with Crippen molar-refractivity contribution in [2.45, 2.75) is 12.5 Å². The van der Waals surface area contributed by atoms with Gasteiger partial charge < -0.3 is 23.8 Å². The summed E-state index contributed by atoms with van der Waals surface area (Å²) < 4.78 is 21.6. The molecule has 27 heavy (non-hydrogen) atoms. The Morgan fingerprint density at radius 1 is 0.889 bits per heavy atom. The Balaban J connectivity index is 2.06. The summed E-state index contributed by atoms with van der Waals surface area (Å²) in [6.45, 7) is 0. The number of rotatable bonds is 6. The standard InChI is InChI=1S/C21H23NO5/c1-24-18-6-5-15(11-19(18)25-2)17-9-16-12-21(27-4)20(26-3)10-14(16)7-8-22(17)13-23/h5-8,10-13,17H,9H2,1-4H3. The highest BCUT2D eigenvalue weighted by atomic mass is 16.5. The van der Waals surface area contributed by atoms with Gasteiger partial charge in [-0.25, -0.2) is 0 Å². The van der Waals surface area contributed by atoms with Gasteiger partial charge in [0.05, 0.1) is 34.5 Å². The molecule has 2 aromatic rings. The first kappa shape index (κ1) is 18.6. The zero-order valence-electron chi connectivity index (χ0n) is 15.9. The van der Waals surface area contributed by atoms with Crippen molar-refractivity contribution in [3.63, 3.8) is 0 Å². The van der Waals surface area contributed by atoms with Crippen LogP contribution in [0.2, 0.25) is 0 Å². The molecule has 0 spiro atoms.